The summed E-state index contributed by atoms with van der Waals surface area (Å²) in [6.07, 6.45) is 10.5. The van der Waals surface area contributed by atoms with Gasteiger partial charge in [0.05, 0.1) is 32.5 Å². The molecule has 7 nitrogen and oxygen atoms in total. The van der Waals surface area contributed by atoms with Crippen LogP contribution in [-0.2, 0) is 9.59 Å². The van der Waals surface area contributed by atoms with Crippen LogP contribution in [0.25, 0.3) is 0 Å². The number of Topliss-reactive ketones (excluding diaryl/α,β-unsaturated/α-hetero) is 2. The van der Waals surface area contributed by atoms with Crippen LogP contribution in [0.2, 0.25) is 20.1 Å². The molecule has 0 atom stereocenters. The number of allylic oxidation sites excluding steroid dienone is 10. The van der Waals surface area contributed by atoms with E-state index < -0.39 is 0 Å². The highest BCUT2D eigenvalue weighted by atomic mass is 35.5. The number of hydrogen-bond acceptors (Lipinski definition) is 7. The van der Waals surface area contributed by atoms with Gasteiger partial charge in [0.25, 0.3) is 0 Å². The van der Waals surface area contributed by atoms with Gasteiger partial charge in [-0.05, 0) is 57.1 Å². The molecule has 280 valence electrons. The molecular weight excluding hydrogens is 750 g/mol. The van der Waals surface area contributed by atoms with E-state index in [-0.39, 0.29) is 64.7 Å². The van der Waals surface area contributed by atoms with Gasteiger partial charge in [-0.2, -0.15) is 10.2 Å². The largest absolute Gasteiger partial charge is 0.457 e. The van der Waals surface area contributed by atoms with Crippen molar-refractivity contribution in [1.29, 1.82) is 0 Å². The van der Waals surface area contributed by atoms with Crippen molar-refractivity contribution in [3.63, 3.8) is 0 Å². The maximum absolute atomic E-state index is 13.2. The van der Waals surface area contributed by atoms with Crippen LogP contribution in [-0.4, -0.2) is 11.6 Å². The summed E-state index contributed by atoms with van der Waals surface area (Å²) in [6, 6.07) is 6.22. The third kappa shape index (κ3) is 10.3. The zero-order valence-corrected chi connectivity index (χ0v) is 35.3. The molecule has 0 radical (unpaired) electrons. The number of hydrogen-bond donors (Lipinski definition) is 0. The summed E-state index contributed by atoms with van der Waals surface area (Å²) in [5.74, 6) is 0.710. The minimum atomic E-state index is -0.349. The number of rotatable bonds is 6. The molecule has 2 aliphatic rings. The Kier molecular flexibility index (Phi) is 12.4. The molecule has 0 saturated heterocycles. The molecule has 53 heavy (non-hydrogen) atoms. The van der Waals surface area contributed by atoms with Crippen molar-refractivity contribution in [1.82, 2.24) is 0 Å². The summed E-state index contributed by atoms with van der Waals surface area (Å²) in [6.45, 7) is 24.1. The van der Waals surface area contributed by atoms with Crippen LogP contribution in [0, 0.1) is 21.7 Å². The number of halogens is 4. The minimum absolute atomic E-state index is 0.0362. The number of ether oxygens (including phenoxy) is 1. The molecule has 0 fully saturated rings. The zero-order chi connectivity index (χ0) is 39.8. The molecule has 0 aliphatic heterocycles. The van der Waals surface area contributed by atoms with E-state index in [2.05, 4.69) is 20.5 Å². The van der Waals surface area contributed by atoms with Gasteiger partial charge in [0.1, 0.15) is 22.9 Å². The van der Waals surface area contributed by atoms with Crippen molar-refractivity contribution in [3.8, 4) is 11.5 Å². The SMILES string of the molecule is CC(C)(C)C1=CC(=CN=Nc2c(Cl)cc(Oc3cc(Cl)c(N=NC=C4C=C(C(C)(C)C)C(=O)C(C(C)(C)C)=C4)c(Cl)c3)cc2Cl)C=C(C(C)(C)C)C1=O. The van der Waals surface area contributed by atoms with Gasteiger partial charge in [0.15, 0.2) is 11.6 Å². The van der Waals surface area contributed by atoms with Crippen LogP contribution in [0.5, 0.6) is 11.5 Å². The Morgan fingerprint density at radius 2 is 0.717 bits per heavy atom. The van der Waals surface area contributed by atoms with Crippen LogP contribution in [0.3, 0.4) is 0 Å². The van der Waals surface area contributed by atoms with Gasteiger partial charge >= 0.3 is 0 Å². The van der Waals surface area contributed by atoms with E-state index in [0.717, 1.165) is 11.1 Å². The van der Waals surface area contributed by atoms with Crippen molar-refractivity contribution in [2.75, 3.05) is 0 Å². The first-order chi connectivity index (χ1) is 24.3. The lowest BCUT2D eigenvalue weighted by molar-refractivity contribution is -0.114. The second kappa shape index (κ2) is 15.6. The van der Waals surface area contributed by atoms with Crippen LogP contribution in [0.1, 0.15) is 83.1 Å². The van der Waals surface area contributed by atoms with Crippen molar-refractivity contribution >= 4 is 69.3 Å². The van der Waals surface area contributed by atoms with E-state index in [0.29, 0.717) is 33.8 Å². The van der Waals surface area contributed by atoms with E-state index in [1.807, 2.05) is 107 Å². The molecule has 2 aromatic carbocycles. The molecule has 0 bridgehead atoms. The molecule has 0 unspecified atom stereocenters. The van der Waals surface area contributed by atoms with Crippen molar-refractivity contribution in [2.24, 2.45) is 42.1 Å². The number of carbonyl (C=O) groups excluding carboxylic acids is 2. The first-order valence-electron chi connectivity index (χ1n) is 17.1. The summed E-state index contributed by atoms with van der Waals surface area (Å²) in [5.41, 5.74) is 3.41. The molecule has 0 aromatic heterocycles. The summed E-state index contributed by atoms with van der Waals surface area (Å²) in [7, 11) is 0. The lowest BCUT2D eigenvalue weighted by Crippen LogP contribution is -2.27. The van der Waals surface area contributed by atoms with Gasteiger partial charge in [0.2, 0.25) is 0 Å². The molecule has 11 heteroatoms. The standard InChI is InChI=1S/C42H46Cl4N4O3/c1-39(2,3)27-13-23(14-28(37(27)51)40(4,5)6)21-47-49-35-31(43)17-25(18-32(35)44)53-26-19-33(45)36(34(46)20-26)50-48-22-24-15-29(41(7,8)9)38(52)30(16-24)42(10,11)12/h13-22H,1-12H3. The minimum Gasteiger partial charge on any atom is -0.457 e. The molecule has 0 heterocycles. The Morgan fingerprint density at radius 1 is 0.472 bits per heavy atom. The molecule has 2 aliphatic carbocycles. The summed E-state index contributed by atoms with van der Waals surface area (Å²) in [5, 5.41) is 17.9. The van der Waals surface area contributed by atoms with Gasteiger partial charge in [-0.15, -0.1) is 10.2 Å². The van der Waals surface area contributed by atoms with Crippen molar-refractivity contribution in [3.05, 3.63) is 114 Å². The van der Waals surface area contributed by atoms with Gasteiger partial charge in [-0.3, -0.25) is 9.59 Å². The Morgan fingerprint density at radius 3 is 0.943 bits per heavy atom. The third-order valence-corrected chi connectivity index (χ3v) is 9.55. The van der Waals surface area contributed by atoms with E-state index >= 15 is 0 Å². The van der Waals surface area contributed by atoms with Crippen LogP contribution in [0.15, 0.2) is 115 Å². The van der Waals surface area contributed by atoms with Crippen LogP contribution in [0.4, 0.5) is 11.4 Å². The van der Waals surface area contributed by atoms with E-state index in [9.17, 15) is 9.59 Å². The average molecular weight is 797 g/mol. The second-order valence-electron chi connectivity index (χ2n) is 17.2. The van der Waals surface area contributed by atoms with Gasteiger partial charge in [0, 0.05) is 46.6 Å². The highest BCUT2D eigenvalue weighted by Gasteiger charge is 2.35. The molecule has 0 spiro atoms. The Hall–Kier alpha value is -3.62. The number of benzene rings is 2. The van der Waals surface area contributed by atoms with E-state index in [1.54, 1.807) is 36.7 Å². The maximum Gasteiger partial charge on any atom is 0.186 e. The maximum atomic E-state index is 13.2. The average Bonchev–Trinajstić information content (AvgIpc) is 2.98. The summed E-state index contributed by atoms with van der Waals surface area (Å²) < 4.78 is 6.00. The first kappa shape index (κ1) is 42.1. The Labute approximate surface area is 333 Å². The number of ketones is 2. The predicted octanol–water partition coefficient (Wildman–Crippen LogP) is 15.1. The predicted molar refractivity (Wildman–Crippen MR) is 218 cm³/mol. The topological polar surface area (TPSA) is 92.8 Å². The number of azo groups is 2. The lowest BCUT2D eigenvalue weighted by Gasteiger charge is -2.31. The van der Waals surface area contributed by atoms with Gasteiger partial charge in [-0.1, -0.05) is 129 Å². The molecule has 0 amide bonds. The third-order valence-electron chi connectivity index (χ3n) is 8.40. The Bertz CT molecular complexity index is 1840. The molecule has 4 rings (SSSR count). The van der Waals surface area contributed by atoms with E-state index in [1.165, 1.54) is 0 Å². The quantitative estimate of drug-likeness (QED) is 0.273. The summed E-state index contributed by atoms with van der Waals surface area (Å²) in [4.78, 5) is 26.5. The number of carbonyl (C=O) groups is 2. The van der Waals surface area contributed by atoms with Crippen LogP contribution < -0.4 is 4.74 Å². The highest BCUT2D eigenvalue weighted by Crippen LogP contribution is 2.44. The van der Waals surface area contributed by atoms with E-state index in [4.69, 9.17) is 51.1 Å². The number of nitrogens with zero attached hydrogens (tertiary/aromatic N) is 4. The molecule has 0 saturated carbocycles. The second-order valence-corrected chi connectivity index (χ2v) is 18.8. The highest BCUT2D eigenvalue weighted by molar-refractivity contribution is 6.39. The smallest absolute Gasteiger partial charge is 0.186 e. The molecule has 0 N–H and O–H groups in total. The van der Waals surface area contributed by atoms with Gasteiger partial charge in [-0.25, -0.2) is 0 Å². The zero-order valence-electron chi connectivity index (χ0n) is 32.3. The Balaban J connectivity index is 1.56. The van der Waals surface area contributed by atoms with Crippen molar-refractivity contribution < 1.29 is 14.3 Å². The lowest BCUT2D eigenvalue weighted by atomic mass is 9.72. The fourth-order valence-corrected chi connectivity index (χ4v) is 6.60. The summed E-state index contributed by atoms with van der Waals surface area (Å²) >= 11 is 26.3. The van der Waals surface area contributed by atoms with Crippen LogP contribution >= 0.6 is 46.4 Å². The monoisotopic (exact) mass is 794 g/mol. The first-order valence-corrected chi connectivity index (χ1v) is 18.6. The molecular formula is C42H46Cl4N4O3. The fraction of sp³-hybridized carbons (Fsp3) is 0.381. The normalized spacial score (nSPS) is 16.2. The molecule has 2 aromatic rings. The fourth-order valence-electron chi connectivity index (χ4n) is 5.52. The van der Waals surface area contributed by atoms with Gasteiger partial charge < -0.3 is 4.74 Å². The van der Waals surface area contributed by atoms with Crippen molar-refractivity contribution in [2.45, 2.75) is 83.1 Å².